The highest BCUT2D eigenvalue weighted by atomic mass is 19.1. The van der Waals surface area contributed by atoms with Crippen molar-refractivity contribution < 1.29 is 13.6 Å². The topological polar surface area (TPSA) is 47.3 Å². The van der Waals surface area contributed by atoms with Crippen molar-refractivity contribution in [2.45, 2.75) is 38.5 Å². The van der Waals surface area contributed by atoms with Crippen LogP contribution < -0.4 is 4.90 Å². The number of carbonyl (C=O) groups excluding carboxylic acids is 1. The predicted molar refractivity (Wildman–Crippen MR) is 91.1 cm³/mol. The minimum Gasteiger partial charge on any atom is -0.363 e. The average Bonchev–Trinajstić information content (AvgIpc) is 2.62. The molecule has 3 rings (SSSR count). The summed E-state index contributed by atoms with van der Waals surface area (Å²) >= 11 is 0. The summed E-state index contributed by atoms with van der Waals surface area (Å²) in [6.07, 6.45) is 6.55. The lowest BCUT2D eigenvalue weighted by Gasteiger charge is -2.37. The normalized spacial score (nSPS) is 18.9. The van der Waals surface area contributed by atoms with Gasteiger partial charge in [-0.05, 0) is 30.9 Å². The van der Waals surface area contributed by atoms with Gasteiger partial charge in [-0.2, -0.15) is 5.26 Å². The summed E-state index contributed by atoms with van der Waals surface area (Å²) in [5.41, 5.74) is -0.126. The van der Waals surface area contributed by atoms with Crippen molar-refractivity contribution in [1.29, 1.82) is 5.26 Å². The summed E-state index contributed by atoms with van der Waals surface area (Å²) in [5.74, 6) is -0.794. The Balaban J connectivity index is 1.58. The molecular weight excluding hydrogens is 324 g/mol. The van der Waals surface area contributed by atoms with Crippen molar-refractivity contribution in [2.75, 3.05) is 31.1 Å². The van der Waals surface area contributed by atoms with Gasteiger partial charge in [0.25, 0.3) is 0 Å². The molecule has 1 aromatic carbocycles. The summed E-state index contributed by atoms with van der Waals surface area (Å²) in [6, 6.07) is 3.86. The molecule has 6 heteroatoms. The van der Waals surface area contributed by atoms with Crippen molar-refractivity contribution in [3.8, 4) is 6.07 Å². The average molecular weight is 347 g/mol. The molecule has 0 bridgehead atoms. The highest BCUT2D eigenvalue weighted by Crippen LogP contribution is 2.28. The molecule has 0 radical (unpaired) electrons. The fourth-order valence-corrected chi connectivity index (χ4v) is 3.88. The van der Waals surface area contributed by atoms with Gasteiger partial charge >= 0.3 is 0 Å². The lowest BCUT2D eigenvalue weighted by molar-refractivity contribution is -0.132. The van der Waals surface area contributed by atoms with Gasteiger partial charge < -0.3 is 9.80 Å². The van der Waals surface area contributed by atoms with Crippen LogP contribution in [0.4, 0.5) is 14.5 Å². The number of hydrogen-bond donors (Lipinski definition) is 0. The number of amides is 1. The molecule has 4 nitrogen and oxygen atoms in total. The number of anilines is 1. The first-order valence-electron chi connectivity index (χ1n) is 9.00. The van der Waals surface area contributed by atoms with Crippen LogP contribution in [0.15, 0.2) is 12.1 Å². The number of nitrogens with zero attached hydrogens (tertiary/aromatic N) is 3. The quantitative estimate of drug-likeness (QED) is 0.841. The third-order valence-corrected chi connectivity index (χ3v) is 5.28. The summed E-state index contributed by atoms with van der Waals surface area (Å²) < 4.78 is 28.3. The van der Waals surface area contributed by atoms with Crippen molar-refractivity contribution in [2.24, 2.45) is 5.92 Å². The molecule has 1 amide bonds. The third-order valence-electron chi connectivity index (χ3n) is 5.28. The zero-order chi connectivity index (χ0) is 17.8. The number of piperazine rings is 1. The number of rotatable bonds is 3. The van der Waals surface area contributed by atoms with Gasteiger partial charge in [0.15, 0.2) is 11.6 Å². The Morgan fingerprint density at radius 3 is 2.24 bits per heavy atom. The minimum absolute atomic E-state index is 0.0277. The first-order chi connectivity index (χ1) is 12.1. The largest absolute Gasteiger partial charge is 0.363 e. The van der Waals surface area contributed by atoms with Gasteiger partial charge in [-0.25, -0.2) is 8.78 Å². The van der Waals surface area contributed by atoms with Crippen LogP contribution in [0.2, 0.25) is 0 Å². The fraction of sp³-hybridized carbons (Fsp3) is 0.579. The van der Waals surface area contributed by atoms with Crippen LogP contribution in [0.1, 0.15) is 44.1 Å². The van der Waals surface area contributed by atoms with E-state index in [-0.39, 0.29) is 17.2 Å². The van der Waals surface area contributed by atoms with E-state index in [0.29, 0.717) is 38.5 Å². The van der Waals surface area contributed by atoms with Crippen molar-refractivity contribution in [3.63, 3.8) is 0 Å². The Hall–Kier alpha value is -2.16. The maximum atomic E-state index is 14.1. The second-order valence-corrected chi connectivity index (χ2v) is 6.98. The molecular formula is C19H23F2N3O. The first kappa shape index (κ1) is 17.7. The lowest BCUT2D eigenvalue weighted by Crippen LogP contribution is -2.49. The molecule has 0 atom stereocenters. The summed E-state index contributed by atoms with van der Waals surface area (Å²) in [4.78, 5) is 15.9. The highest BCUT2D eigenvalue weighted by Gasteiger charge is 2.27. The fourth-order valence-electron chi connectivity index (χ4n) is 3.88. The standard InChI is InChI=1S/C19H23F2N3O/c20-16-10-15(13-22)11-17(21)19(16)24-8-6-23(7-9-24)18(25)12-14-4-2-1-3-5-14/h10-11,14H,1-9,12H2. The molecule has 1 saturated carbocycles. The van der Waals surface area contributed by atoms with Gasteiger partial charge in [0.1, 0.15) is 5.69 Å². The third kappa shape index (κ3) is 4.09. The summed E-state index contributed by atoms with van der Waals surface area (Å²) in [5, 5.41) is 8.78. The summed E-state index contributed by atoms with van der Waals surface area (Å²) in [7, 11) is 0. The van der Waals surface area contributed by atoms with E-state index >= 15 is 0 Å². The van der Waals surface area contributed by atoms with E-state index in [1.165, 1.54) is 19.3 Å². The van der Waals surface area contributed by atoms with Gasteiger partial charge in [-0.15, -0.1) is 0 Å². The second kappa shape index (κ2) is 7.81. The van der Waals surface area contributed by atoms with E-state index in [4.69, 9.17) is 5.26 Å². The van der Waals surface area contributed by atoms with Gasteiger partial charge in [0.05, 0.1) is 11.6 Å². The second-order valence-electron chi connectivity index (χ2n) is 6.98. The van der Waals surface area contributed by atoms with E-state index in [0.717, 1.165) is 25.0 Å². The van der Waals surface area contributed by atoms with E-state index in [1.807, 2.05) is 4.90 Å². The summed E-state index contributed by atoms with van der Waals surface area (Å²) in [6.45, 7) is 1.75. The number of nitriles is 1. The maximum Gasteiger partial charge on any atom is 0.222 e. The Kier molecular flexibility index (Phi) is 5.52. The van der Waals surface area contributed by atoms with Crippen LogP contribution in [0.3, 0.4) is 0 Å². The molecule has 0 aromatic heterocycles. The molecule has 1 aromatic rings. The Labute approximate surface area is 147 Å². The van der Waals surface area contributed by atoms with Crippen molar-refractivity contribution >= 4 is 11.6 Å². The predicted octanol–water partition coefficient (Wildman–Crippen LogP) is 3.46. The molecule has 1 saturated heterocycles. The van der Waals surface area contributed by atoms with Gasteiger partial charge in [0.2, 0.25) is 5.91 Å². The van der Waals surface area contributed by atoms with Crippen LogP contribution in [0.25, 0.3) is 0 Å². The van der Waals surface area contributed by atoms with Crippen LogP contribution in [0.5, 0.6) is 0 Å². The maximum absolute atomic E-state index is 14.1. The first-order valence-corrected chi connectivity index (χ1v) is 9.00. The molecule has 0 unspecified atom stereocenters. The number of carbonyl (C=O) groups is 1. The van der Waals surface area contributed by atoms with Crippen LogP contribution in [-0.2, 0) is 4.79 Å². The van der Waals surface area contributed by atoms with Crippen LogP contribution >= 0.6 is 0 Å². The Morgan fingerprint density at radius 1 is 1.08 bits per heavy atom. The molecule has 134 valence electrons. The molecule has 1 aliphatic carbocycles. The van der Waals surface area contributed by atoms with E-state index < -0.39 is 11.6 Å². The van der Waals surface area contributed by atoms with Crippen LogP contribution in [-0.4, -0.2) is 37.0 Å². The van der Waals surface area contributed by atoms with Crippen LogP contribution in [0, 0.1) is 28.9 Å². The van der Waals surface area contributed by atoms with E-state index in [2.05, 4.69) is 0 Å². The zero-order valence-electron chi connectivity index (χ0n) is 14.3. The van der Waals surface area contributed by atoms with E-state index in [9.17, 15) is 13.6 Å². The number of hydrogen-bond acceptors (Lipinski definition) is 3. The Bertz CT molecular complexity index is 649. The highest BCUT2D eigenvalue weighted by molar-refractivity contribution is 5.76. The number of benzene rings is 1. The minimum atomic E-state index is -0.724. The molecule has 2 aliphatic rings. The van der Waals surface area contributed by atoms with Gasteiger partial charge in [-0.1, -0.05) is 19.3 Å². The van der Waals surface area contributed by atoms with E-state index in [1.54, 1.807) is 11.0 Å². The smallest absolute Gasteiger partial charge is 0.222 e. The molecule has 25 heavy (non-hydrogen) atoms. The van der Waals surface area contributed by atoms with Gasteiger partial charge in [0, 0.05) is 32.6 Å². The van der Waals surface area contributed by atoms with Crippen molar-refractivity contribution in [3.05, 3.63) is 29.3 Å². The molecule has 0 N–H and O–H groups in total. The molecule has 2 fully saturated rings. The Morgan fingerprint density at radius 2 is 1.68 bits per heavy atom. The molecule has 1 heterocycles. The van der Waals surface area contributed by atoms with Crippen molar-refractivity contribution in [1.82, 2.24) is 4.90 Å². The zero-order valence-corrected chi connectivity index (χ0v) is 14.3. The monoisotopic (exact) mass is 347 g/mol. The number of halogens is 2. The molecule has 0 spiro atoms. The SMILES string of the molecule is N#Cc1cc(F)c(N2CCN(C(=O)CC3CCCCC3)CC2)c(F)c1. The molecule has 1 aliphatic heterocycles. The van der Waals surface area contributed by atoms with Gasteiger partial charge in [-0.3, -0.25) is 4.79 Å². The lowest BCUT2D eigenvalue weighted by atomic mass is 9.86.